The van der Waals surface area contributed by atoms with E-state index < -0.39 is 22.0 Å². The minimum absolute atomic E-state index is 0.0268. The monoisotopic (exact) mass is 328 g/mol. The molecule has 0 bridgehead atoms. The molecule has 1 saturated carbocycles. The first-order chi connectivity index (χ1) is 9.94. The summed E-state index contributed by atoms with van der Waals surface area (Å²) in [6, 6.07) is 3.50. The summed E-state index contributed by atoms with van der Waals surface area (Å²) in [6.07, 6.45) is 4.34. The van der Waals surface area contributed by atoms with Gasteiger partial charge >= 0.3 is 5.97 Å². The third-order valence-electron chi connectivity index (χ3n) is 3.63. The number of nitrogens with one attached hydrogen (secondary N) is 1. The van der Waals surface area contributed by atoms with Gasteiger partial charge in [-0.15, -0.1) is 11.3 Å². The Labute approximate surface area is 127 Å². The maximum Gasteiger partial charge on any atom is 0.322 e. The smallest absolute Gasteiger partial charge is 0.322 e. The highest BCUT2D eigenvalue weighted by atomic mass is 32.2. The molecule has 0 saturated heterocycles. The van der Waals surface area contributed by atoms with Crippen LogP contribution in [0.15, 0.2) is 16.3 Å². The van der Waals surface area contributed by atoms with Crippen molar-refractivity contribution in [1.29, 1.82) is 5.26 Å². The van der Waals surface area contributed by atoms with Crippen molar-refractivity contribution in [3.63, 3.8) is 0 Å². The molecule has 0 radical (unpaired) electrons. The van der Waals surface area contributed by atoms with Gasteiger partial charge in [-0.2, -0.15) is 9.98 Å². The molecule has 8 heteroatoms. The normalized spacial score (nSPS) is 18.0. The van der Waals surface area contributed by atoms with Crippen LogP contribution >= 0.6 is 11.3 Å². The van der Waals surface area contributed by atoms with Gasteiger partial charge in [0, 0.05) is 0 Å². The Morgan fingerprint density at radius 1 is 1.38 bits per heavy atom. The van der Waals surface area contributed by atoms with E-state index >= 15 is 0 Å². The number of aliphatic carboxylic acids is 1. The van der Waals surface area contributed by atoms with E-state index in [0.29, 0.717) is 12.8 Å². The van der Waals surface area contributed by atoms with Gasteiger partial charge in [0.25, 0.3) is 10.0 Å². The van der Waals surface area contributed by atoms with Crippen molar-refractivity contribution < 1.29 is 18.3 Å². The molecule has 114 valence electrons. The summed E-state index contributed by atoms with van der Waals surface area (Å²) < 4.78 is 26.8. The van der Waals surface area contributed by atoms with Crippen LogP contribution in [0, 0.1) is 17.2 Å². The molecular formula is C13H16N2O4S2. The highest BCUT2D eigenvalue weighted by molar-refractivity contribution is 7.91. The maximum atomic E-state index is 12.2. The Balaban J connectivity index is 2.19. The zero-order chi connectivity index (χ0) is 15.5. The summed E-state index contributed by atoms with van der Waals surface area (Å²) in [7, 11) is -3.91. The van der Waals surface area contributed by atoms with Crippen LogP contribution in [0.25, 0.3) is 0 Å². The molecule has 1 unspecified atom stereocenters. The topological polar surface area (TPSA) is 107 Å². The van der Waals surface area contributed by atoms with Crippen LogP contribution in [-0.2, 0) is 14.8 Å². The molecule has 21 heavy (non-hydrogen) atoms. The largest absolute Gasteiger partial charge is 0.480 e. The van der Waals surface area contributed by atoms with E-state index in [1.54, 1.807) is 0 Å². The van der Waals surface area contributed by atoms with Gasteiger partial charge in [0.15, 0.2) is 0 Å². The zero-order valence-electron chi connectivity index (χ0n) is 11.3. The fraction of sp³-hybridized carbons (Fsp3) is 0.538. The molecule has 1 aliphatic carbocycles. The number of nitriles is 1. The number of thiophene rings is 1. The van der Waals surface area contributed by atoms with E-state index in [-0.39, 0.29) is 15.0 Å². The molecule has 1 aliphatic rings. The fourth-order valence-corrected chi connectivity index (χ4v) is 4.94. The number of hydrogen-bond donors (Lipinski definition) is 2. The second kappa shape index (κ2) is 6.56. The Morgan fingerprint density at radius 2 is 2.05 bits per heavy atom. The van der Waals surface area contributed by atoms with Crippen molar-refractivity contribution in [3.05, 3.63) is 17.0 Å². The van der Waals surface area contributed by atoms with E-state index in [9.17, 15) is 18.3 Å². The van der Waals surface area contributed by atoms with Crippen LogP contribution in [0.2, 0.25) is 0 Å². The first kappa shape index (κ1) is 15.9. The van der Waals surface area contributed by atoms with E-state index in [4.69, 9.17) is 5.26 Å². The maximum absolute atomic E-state index is 12.2. The number of rotatable bonds is 5. The summed E-state index contributed by atoms with van der Waals surface area (Å²) in [6.45, 7) is 0. The Hall–Kier alpha value is -1.43. The molecule has 1 aromatic rings. The Kier molecular flexibility index (Phi) is 4.98. The zero-order valence-corrected chi connectivity index (χ0v) is 12.9. The molecule has 0 aliphatic heterocycles. The average Bonchev–Trinajstić information content (AvgIpc) is 2.95. The lowest BCUT2D eigenvalue weighted by Gasteiger charge is -2.27. The number of carboxylic acid groups (broad SMARTS) is 1. The molecule has 2 N–H and O–H groups in total. The summed E-state index contributed by atoms with van der Waals surface area (Å²) >= 11 is 0.836. The van der Waals surface area contributed by atoms with Crippen molar-refractivity contribution in [2.45, 2.75) is 42.4 Å². The van der Waals surface area contributed by atoms with Crippen LogP contribution in [0.5, 0.6) is 0 Å². The molecule has 6 nitrogen and oxygen atoms in total. The summed E-state index contributed by atoms with van der Waals surface area (Å²) in [4.78, 5) is 11.7. The van der Waals surface area contributed by atoms with Crippen LogP contribution in [0.4, 0.5) is 0 Å². The highest BCUT2D eigenvalue weighted by Gasteiger charge is 2.33. The van der Waals surface area contributed by atoms with Crippen molar-refractivity contribution in [2.75, 3.05) is 0 Å². The molecule has 1 aromatic heterocycles. The quantitative estimate of drug-likeness (QED) is 0.859. The van der Waals surface area contributed by atoms with Crippen LogP contribution < -0.4 is 4.72 Å². The summed E-state index contributed by atoms with van der Waals surface area (Å²) in [5, 5.41) is 18.1. The highest BCUT2D eigenvalue weighted by Crippen LogP contribution is 2.28. The summed E-state index contributed by atoms with van der Waals surface area (Å²) in [5.41, 5.74) is 0. The van der Waals surface area contributed by atoms with Gasteiger partial charge in [0.2, 0.25) is 0 Å². The van der Waals surface area contributed by atoms with Gasteiger partial charge in [-0.1, -0.05) is 19.3 Å². The molecule has 0 aromatic carbocycles. The predicted octanol–water partition coefficient (Wildman–Crippen LogP) is 1.93. The molecule has 0 spiro atoms. The van der Waals surface area contributed by atoms with Gasteiger partial charge in [-0.3, -0.25) is 4.79 Å². The molecular weight excluding hydrogens is 312 g/mol. The number of nitrogens with zero attached hydrogens (tertiary/aromatic N) is 1. The fourth-order valence-electron chi connectivity index (χ4n) is 2.57. The van der Waals surface area contributed by atoms with Crippen LogP contribution in [-0.4, -0.2) is 25.5 Å². The van der Waals surface area contributed by atoms with Crippen molar-refractivity contribution >= 4 is 27.3 Å². The first-order valence-electron chi connectivity index (χ1n) is 6.69. The van der Waals surface area contributed by atoms with E-state index in [0.717, 1.165) is 30.6 Å². The number of sulfonamides is 1. The van der Waals surface area contributed by atoms with Crippen molar-refractivity contribution in [1.82, 2.24) is 4.72 Å². The van der Waals surface area contributed by atoms with Gasteiger partial charge in [-0.25, -0.2) is 8.42 Å². The number of hydrogen-bond acceptors (Lipinski definition) is 5. The molecule has 2 rings (SSSR count). The molecule has 1 atom stereocenters. The Morgan fingerprint density at radius 3 is 2.57 bits per heavy atom. The van der Waals surface area contributed by atoms with E-state index in [2.05, 4.69) is 4.72 Å². The van der Waals surface area contributed by atoms with E-state index in [1.807, 2.05) is 6.07 Å². The van der Waals surface area contributed by atoms with Gasteiger partial charge < -0.3 is 5.11 Å². The third-order valence-corrected chi connectivity index (χ3v) is 6.55. The van der Waals surface area contributed by atoms with Gasteiger partial charge in [0.05, 0.1) is 0 Å². The van der Waals surface area contributed by atoms with E-state index in [1.165, 1.54) is 12.1 Å². The lowest BCUT2D eigenvalue weighted by molar-refractivity contribution is -0.140. The molecule has 0 amide bonds. The Bertz CT molecular complexity index is 654. The predicted molar refractivity (Wildman–Crippen MR) is 77.4 cm³/mol. The molecule has 1 heterocycles. The molecule has 1 fully saturated rings. The number of carboxylic acids is 1. The van der Waals surface area contributed by atoms with Crippen LogP contribution in [0.1, 0.15) is 37.0 Å². The van der Waals surface area contributed by atoms with Gasteiger partial charge in [0.1, 0.15) is 21.2 Å². The average molecular weight is 328 g/mol. The minimum Gasteiger partial charge on any atom is -0.480 e. The second-order valence-corrected chi connectivity index (χ2v) is 8.09. The standard InChI is InChI=1S/C13H16N2O4S2/c14-8-10-6-7-11(20-10)21(18,19)15-12(13(16)17)9-4-2-1-3-5-9/h6-7,9,12,15H,1-5H2,(H,16,17). The second-order valence-electron chi connectivity index (χ2n) is 5.07. The van der Waals surface area contributed by atoms with Crippen molar-refractivity contribution in [2.24, 2.45) is 5.92 Å². The minimum atomic E-state index is -3.91. The van der Waals surface area contributed by atoms with Crippen LogP contribution in [0.3, 0.4) is 0 Å². The summed E-state index contributed by atoms with van der Waals surface area (Å²) in [5.74, 6) is -1.33. The van der Waals surface area contributed by atoms with Gasteiger partial charge in [-0.05, 0) is 30.9 Å². The number of carbonyl (C=O) groups is 1. The lowest BCUT2D eigenvalue weighted by Crippen LogP contribution is -2.46. The SMILES string of the molecule is N#Cc1ccc(S(=O)(=O)NC(C(=O)O)C2CCCCC2)s1. The van der Waals surface area contributed by atoms with Crippen molar-refractivity contribution in [3.8, 4) is 6.07 Å². The lowest BCUT2D eigenvalue weighted by atomic mass is 9.84. The third kappa shape index (κ3) is 3.81. The first-order valence-corrected chi connectivity index (χ1v) is 8.99.